The summed E-state index contributed by atoms with van der Waals surface area (Å²) in [4.78, 5) is 17.8. The van der Waals surface area contributed by atoms with Gasteiger partial charge in [0.05, 0.1) is 11.0 Å². The maximum Gasteiger partial charge on any atom is 0.333 e. The molecule has 1 unspecified atom stereocenters. The van der Waals surface area contributed by atoms with Gasteiger partial charge in [-0.2, -0.15) is 5.10 Å². The van der Waals surface area contributed by atoms with Crippen LogP contribution in [0.3, 0.4) is 0 Å². The number of aromatic nitrogens is 4. The molecule has 2 rings (SSSR count). The third kappa shape index (κ3) is 2.42. The number of H-pyrrole nitrogens is 1. The van der Waals surface area contributed by atoms with Crippen molar-refractivity contribution in [1.29, 1.82) is 0 Å². The average molecular weight is 264 g/mol. The molecular formula is C11H16N6O2. The highest BCUT2D eigenvalue weighted by atomic mass is 16.6. The fourth-order valence-electron chi connectivity index (χ4n) is 1.95. The zero-order chi connectivity index (χ0) is 14.0. The Balaban J connectivity index is 2.35. The Kier molecular flexibility index (Phi) is 3.50. The van der Waals surface area contributed by atoms with Gasteiger partial charge < -0.3 is 10.3 Å². The highest BCUT2D eigenvalue weighted by Crippen LogP contribution is 2.30. The van der Waals surface area contributed by atoms with Crippen molar-refractivity contribution in [2.45, 2.75) is 33.4 Å². The van der Waals surface area contributed by atoms with Gasteiger partial charge in [-0.1, -0.05) is 0 Å². The zero-order valence-electron chi connectivity index (χ0n) is 11.0. The molecule has 0 aliphatic heterocycles. The second kappa shape index (κ2) is 5.09. The van der Waals surface area contributed by atoms with Gasteiger partial charge in [-0.15, -0.1) is 0 Å². The molecule has 0 saturated carbocycles. The van der Waals surface area contributed by atoms with E-state index < -0.39 is 4.92 Å². The summed E-state index contributed by atoms with van der Waals surface area (Å²) in [6.45, 7) is 5.96. The number of aryl methyl sites for hydroxylation is 2. The van der Waals surface area contributed by atoms with Gasteiger partial charge in [-0.05, 0) is 20.8 Å². The molecule has 0 aliphatic rings. The van der Waals surface area contributed by atoms with E-state index in [1.807, 2.05) is 13.8 Å². The number of hydrogen-bond acceptors (Lipinski definition) is 5. The molecule has 0 radical (unpaired) electrons. The molecular weight excluding hydrogens is 248 g/mol. The van der Waals surface area contributed by atoms with Crippen LogP contribution in [0.4, 0.5) is 11.5 Å². The van der Waals surface area contributed by atoms with Crippen LogP contribution >= 0.6 is 0 Å². The molecule has 0 spiro atoms. The Bertz CT molecular complexity index is 574. The fourth-order valence-corrected chi connectivity index (χ4v) is 1.95. The third-order valence-corrected chi connectivity index (χ3v) is 2.86. The first-order valence-electron chi connectivity index (χ1n) is 6.02. The Morgan fingerprint density at radius 2 is 2.37 bits per heavy atom. The number of hydrogen-bond donors (Lipinski definition) is 2. The third-order valence-electron chi connectivity index (χ3n) is 2.86. The van der Waals surface area contributed by atoms with Crippen molar-refractivity contribution >= 4 is 11.5 Å². The van der Waals surface area contributed by atoms with E-state index in [4.69, 9.17) is 0 Å². The van der Waals surface area contributed by atoms with E-state index in [0.717, 1.165) is 5.82 Å². The lowest BCUT2D eigenvalue weighted by Crippen LogP contribution is -2.13. The molecule has 0 amide bonds. The quantitative estimate of drug-likeness (QED) is 0.635. The van der Waals surface area contributed by atoms with Gasteiger partial charge in [0.15, 0.2) is 0 Å². The number of anilines is 1. The van der Waals surface area contributed by atoms with Crippen molar-refractivity contribution in [3.8, 4) is 0 Å². The second-order valence-electron chi connectivity index (χ2n) is 4.20. The molecule has 1 atom stereocenters. The van der Waals surface area contributed by atoms with Crippen LogP contribution in [-0.4, -0.2) is 24.7 Å². The normalized spacial score (nSPS) is 12.4. The molecule has 0 aromatic carbocycles. The van der Waals surface area contributed by atoms with Gasteiger partial charge in [0.25, 0.3) is 0 Å². The first-order chi connectivity index (χ1) is 9.04. The lowest BCUT2D eigenvalue weighted by Gasteiger charge is -2.13. The Morgan fingerprint density at radius 1 is 1.63 bits per heavy atom. The Morgan fingerprint density at radius 3 is 2.89 bits per heavy atom. The summed E-state index contributed by atoms with van der Waals surface area (Å²) >= 11 is 0. The van der Waals surface area contributed by atoms with Gasteiger partial charge >= 0.3 is 5.69 Å². The van der Waals surface area contributed by atoms with Crippen molar-refractivity contribution < 1.29 is 4.92 Å². The molecule has 8 heteroatoms. The lowest BCUT2D eigenvalue weighted by molar-refractivity contribution is -0.384. The summed E-state index contributed by atoms with van der Waals surface area (Å²) in [6, 6.07) is -0.171. The lowest BCUT2D eigenvalue weighted by atomic mass is 10.3. The SMILES string of the molecule is CCn1nc(C)c([N+](=O)[O-])c1NC(C)c1ncc[nH]1. The summed E-state index contributed by atoms with van der Waals surface area (Å²) in [5.41, 5.74) is 0.418. The van der Waals surface area contributed by atoms with Crippen molar-refractivity contribution in [1.82, 2.24) is 19.7 Å². The van der Waals surface area contributed by atoms with Gasteiger partial charge in [0.2, 0.25) is 5.82 Å². The number of imidazole rings is 1. The number of rotatable bonds is 5. The van der Waals surface area contributed by atoms with Crippen molar-refractivity contribution in [3.05, 3.63) is 34.0 Å². The fraction of sp³-hybridized carbons (Fsp3) is 0.455. The highest BCUT2D eigenvalue weighted by molar-refractivity contribution is 5.60. The van der Waals surface area contributed by atoms with E-state index in [2.05, 4.69) is 20.4 Å². The van der Waals surface area contributed by atoms with E-state index in [1.165, 1.54) is 0 Å². The minimum Gasteiger partial charge on any atom is -0.355 e. The minimum absolute atomic E-state index is 0.0141. The first kappa shape index (κ1) is 13.1. The monoisotopic (exact) mass is 264 g/mol. The van der Waals surface area contributed by atoms with Crippen LogP contribution in [-0.2, 0) is 6.54 Å². The number of nitrogens with zero attached hydrogens (tertiary/aromatic N) is 4. The van der Waals surface area contributed by atoms with Crippen LogP contribution < -0.4 is 5.32 Å². The van der Waals surface area contributed by atoms with Crippen LogP contribution in [0.1, 0.15) is 31.4 Å². The van der Waals surface area contributed by atoms with E-state index in [9.17, 15) is 10.1 Å². The average Bonchev–Trinajstić information content (AvgIpc) is 2.96. The van der Waals surface area contributed by atoms with Crippen LogP contribution in [0.25, 0.3) is 0 Å². The van der Waals surface area contributed by atoms with Crippen molar-refractivity contribution in [3.63, 3.8) is 0 Å². The molecule has 19 heavy (non-hydrogen) atoms. The van der Waals surface area contributed by atoms with Gasteiger partial charge in [-0.3, -0.25) is 10.1 Å². The molecule has 0 bridgehead atoms. The maximum absolute atomic E-state index is 11.1. The second-order valence-corrected chi connectivity index (χ2v) is 4.20. The Labute approximate surface area is 110 Å². The zero-order valence-corrected chi connectivity index (χ0v) is 11.0. The number of nitrogens with one attached hydrogen (secondary N) is 2. The van der Waals surface area contributed by atoms with Crippen LogP contribution in [0.5, 0.6) is 0 Å². The van der Waals surface area contributed by atoms with Gasteiger partial charge in [0.1, 0.15) is 11.5 Å². The van der Waals surface area contributed by atoms with Crippen molar-refractivity contribution in [2.75, 3.05) is 5.32 Å². The Hall–Kier alpha value is -2.38. The van der Waals surface area contributed by atoms with E-state index >= 15 is 0 Å². The van der Waals surface area contributed by atoms with Gasteiger partial charge in [0, 0.05) is 18.9 Å². The molecule has 0 aliphatic carbocycles. The van der Waals surface area contributed by atoms with E-state index in [1.54, 1.807) is 24.0 Å². The molecule has 0 saturated heterocycles. The summed E-state index contributed by atoms with van der Waals surface area (Å²) in [5.74, 6) is 1.13. The summed E-state index contributed by atoms with van der Waals surface area (Å²) in [7, 11) is 0. The summed E-state index contributed by atoms with van der Waals surface area (Å²) < 4.78 is 1.59. The minimum atomic E-state index is -0.411. The highest BCUT2D eigenvalue weighted by Gasteiger charge is 2.26. The number of aromatic amines is 1. The molecule has 2 heterocycles. The largest absolute Gasteiger partial charge is 0.355 e. The molecule has 2 aromatic rings. The smallest absolute Gasteiger partial charge is 0.333 e. The topological polar surface area (TPSA) is 102 Å². The molecule has 2 aromatic heterocycles. The van der Waals surface area contributed by atoms with Crippen LogP contribution in [0.15, 0.2) is 12.4 Å². The predicted molar refractivity (Wildman–Crippen MR) is 69.9 cm³/mol. The van der Waals surface area contributed by atoms with Crippen LogP contribution in [0.2, 0.25) is 0 Å². The first-order valence-corrected chi connectivity index (χ1v) is 6.02. The predicted octanol–water partition coefficient (Wildman–Crippen LogP) is 2.02. The van der Waals surface area contributed by atoms with E-state index in [-0.39, 0.29) is 11.7 Å². The molecule has 2 N–H and O–H groups in total. The molecule has 102 valence electrons. The molecule has 8 nitrogen and oxygen atoms in total. The number of nitro groups is 1. The van der Waals surface area contributed by atoms with Crippen LogP contribution in [0, 0.1) is 17.0 Å². The van der Waals surface area contributed by atoms with Crippen molar-refractivity contribution in [2.24, 2.45) is 0 Å². The maximum atomic E-state index is 11.1. The molecule has 0 fully saturated rings. The van der Waals surface area contributed by atoms with E-state index in [0.29, 0.717) is 18.1 Å². The van der Waals surface area contributed by atoms with Gasteiger partial charge in [-0.25, -0.2) is 9.67 Å². The summed E-state index contributed by atoms with van der Waals surface area (Å²) in [5, 5.41) is 18.4. The standard InChI is InChI=1S/C11H16N6O2/c1-4-16-11(9(17(18)19)7(2)15-16)14-8(3)10-12-5-6-13-10/h5-6,8,14H,4H2,1-3H3,(H,12,13). The summed E-state index contributed by atoms with van der Waals surface area (Å²) in [6.07, 6.45) is 3.36.